The Labute approximate surface area is 118 Å². The fourth-order valence-corrected chi connectivity index (χ4v) is 2.52. The van der Waals surface area contributed by atoms with Gasteiger partial charge in [-0.25, -0.2) is 4.79 Å². The van der Waals surface area contributed by atoms with Crippen LogP contribution in [0.15, 0.2) is 60.7 Å². The first-order valence-electron chi connectivity index (χ1n) is 6.89. The molecule has 0 bridgehead atoms. The van der Waals surface area contributed by atoms with E-state index in [9.17, 15) is 4.79 Å². The van der Waals surface area contributed by atoms with Crippen molar-refractivity contribution in [2.45, 2.75) is 24.8 Å². The molecular formula is C17H17NO2. The van der Waals surface area contributed by atoms with Crippen molar-refractivity contribution in [3.05, 3.63) is 66.2 Å². The smallest absolute Gasteiger partial charge is 0.410 e. The van der Waals surface area contributed by atoms with E-state index < -0.39 is 0 Å². The third-order valence-electron chi connectivity index (χ3n) is 3.68. The summed E-state index contributed by atoms with van der Waals surface area (Å²) < 4.78 is 5.21. The second-order valence-corrected chi connectivity index (χ2v) is 5.12. The molecule has 0 unspecified atom stereocenters. The number of hydrogen-bond donors (Lipinski definition) is 1. The number of carbonyl (C=O) groups is 1. The molecule has 3 nitrogen and oxygen atoms in total. The summed E-state index contributed by atoms with van der Waals surface area (Å²) in [6, 6.07) is 19.8. The van der Waals surface area contributed by atoms with E-state index in [4.69, 9.17) is 4.74 Å². The van der Waals surface area contributed by atoms with Crippen LogP contribution in [0.3, 0.4) is 0 Å². The molecule has 0 radical (unpaired) electrons. The predicted octanol–water partition coefficient (Wildman–Crippen LogP) is 3.72. The van der Waals surface area contributed by atoms with E-state index in [0.29, 0.717) is 11.7 Å². The van der Waals surface area contributed by atoms with Crippen molar-refractivity contribution >= 4 is 6.09 Å². The summed E-state index contributed by atoms with van der Waals surface area (Å²) in [5.41, 5.74) is 1.35. The molecule has 102 valence electrons. The fraction of sp³-hybridized carbons (Fsp3) is 0.235. The fourth-order valence-electron chi connectivity index (χ4n) is 2.52. The zero-order chi connectivity index (χ0) is 13.8. The number of benzene rings is 2. The normalized spacial score (nSPS) is 20.8. The molecule has 1 N–H and O–H groups in total. The first-order chi connectivity index (χ1) is 9.81. The van der Waals surface area contributed by atoms with E-state index in [1.807, 2.05) is 24.3 Å². The second-order valence-electron chi connectivity index (χ2n) is 5.12. The van der Waals surface area contributed by atoms with Crippen molar-refractivity contribution in [3.8, 4) is 5.75 Å². The minimum absolute atomic E-state index is 0.219. The van der Waals surface area contributed by atoms with Gasteiger partial charge in [-0.1, -0.05) is 48.5 Å². The van der Waals surface area contributed by atoms with Crippen molar-refractivity contribution < 1.29 is 9.53 Å². The first-order valence-corrected chi connectivity index (χ1v) is 6.89. The van der Waals surface area contributed by atoms with E-state index >= 15 is 0 Å². The van der Waals surface area contributed by atoms with E-state index in [1.165, 1.54) is 5.56 Å². The molecule has 20 heavy (non-hydrogen) atoms. The molecule has 2 aromatic rings. The lowest BCUT2D eigenvalue weighted by atomic mass is 9.76. The number of ether oxygens (including phenoxy) is 1. The molecule has 0 atom stereocenters. The predicted molar refractivity (Wildman–Crippen MR) is 77.8 cm³/mol. The monoisotopic (exact) mass is 267 g/mol. The van der Waals surface area contributed by atoms with E-state index in [2.05, 4.69) is 29.6 Å². The maximum absolute atomic E-state index is 11.7. The van der Waals surface area contributed by atoms with Crippen molar-refractivity contribution in [3.63, 3.8) is 0 Å². The van der Waals surface area contributed by atoms with Gasteiger partial charge in [0.1, 0.15) is 5.75 Å². The highest BCUT2D eigenvalue weighted by atomic mass is 16.6. The Morgan fingerprint density at radius 1 is 0.950 bits per heavy atom. The minimum Gasteiger partial charge on any atom is -0.410 e. The summed E-state index contributed by atoms with van der Waals surface area (Å²) in [6.07, 6.45) is 1.59. The van der Waals surface area contributed by atoms with Gasteiger partial charge in [0, 0.05) is 6.04 Å². The molecule has 1 aliphatic carbocycles. The SMILES string of the molecule is O=C(N[C@H]1C[C@H](c2ccccc2)C1)Oc1ccccc1. The molecule has 0 spiro atoms. The second kappa shape index (κ2) is 5.78. The number of rotatable bonds is 3. The maximum atomic E-state index is 11.7. The van der Waals surface area contributed by atoms with Crippen molar-refractivity contribution in [1.82, 2.24) is 5.32 Å². The topological polar surface area (TPSA) is 38.3 Å². The molecule has 1 aliphatic rings. The minimum atomic E-state index is -0.368. The van der Waals surface area contributed by atoms with Crippen LogP contribution >= 0.6 is 0 Å². The molecule has 1 saturated carbocycles. The summed E-state index contributed by atoms with van der Waals surface area (Å²) in [7, 11) is 0. The van der Waals surface area contributed by atoms with Crippen molar-refractivity contribution in [1.29, 1.82) is 0 Å². The molecule has 0 heterocycles. The average Bonchev–Trinajstić information content (AvgIpc) is 2.44. The van der Waals surface area contributed by atoms with E-state index in [-0.39, 0.29) is 12.1 Å². The third kappa shape index (κ3) is 2.99. The Morgan fingerprint density at radius 2 is 1.55 bits per heavy atom. The average molecular weight is 267 g/mol. The lowest BCUT2D eigenvalue weighted by Crippen LogP contribution is -2.44. The van der Waals surface area contributed by atoms with Gasteiger partial charge in [0.2, 0.25) is 0 Å². The highest BCUT2D eigenvalue weighted by molar-refractivity contribution is 5.70. The standard InChI is InChI=1S/C17H17NO2/c19-17(20-16-9-5-2-6-10-16)18-15-11-14(12-15)13-7-3-1-4-8-13/h1-10,14-15H,11-12H2,(H,18,19)/t14-,15-. The zero-order valence-corrected chi connectivity index (χ0v) is 11.2. The molecule has 2 aromatic carbocycles. The van der Waals surface area contributed by atoms with Gasteiger partial charge in [0.15, 0.2) is 0 Å². The first kappa shape index (κ1) is 12.7. The molecule has 1 fully saturated rings. The van der Waals surface area contributed by atoms with Gasteiger partial charge in [-0.3, -0.25) is 0 Å². The van der Waals surface area contributed by atoms with Crippen LogP contribution in [-0.4, -0.2) is 12.1 Å². The Hall–Kier alpha value is -2.29. The van der Waals surface area contributed by atoms with Gasteiger partial charge < -0.3 is 10.1 Å². The Kier molecular flexibility index (Phi) is 3.68. The molecule has 0 aliphatic heterocycles. The van der Waals surface area contributed by atoms with Gasteiger partial charge in [-0.05, 0) is 36.5 Å². The number of hydrogen-bond acceptors (Lipinski definition) is 2. The summed E-state index contributed by atoms with van der Waals surface area (Å²) >= 11 is 0. The quantitative estimate of drug-likeness (QED) is 0.920. The van der Waals surface area contributed by atoms with Gasteiger partial charge in [0.05, 0.1) is 0 Å². The van der Waals surface area contributed by atoms with Gasteiger partial charge in [-0.15, -0.1) is 0 Å². The molecule has 0 saturated heterocycles. The Bertz CT molecular complexity index is 562. The summed E-state index contributed by atoms with van der Waals surface area (Å²) in [4.78, 5) is 11.7. The third-order valence-corrected chi connectivity index (χ3v) is 3.68. The van der Waals surface area contributed by atoms with Crippen LogP contribution in [0.4, 0.5) is 4.79 Å². The number of para-hydroxylation sites is 1. The molecular weight excluding hydrogens is 250 g/mol. The number of amides is 1. The van der Waals surface area contributed by atoms with Crippen molar-refractivity contribution in [2.75, 3.05) is 0 Å². The Balaban J connectivity index is 1.46. The van der Waals surface area contributed by atoms with Crippen LogP contribution in [0.2, 0.25) is 0 Å². The highest BCUT2D eigenvalue weighted by Gasteiger charge is 2.31. The van der Waals surface area contributed by atoms with Crippen LogP contribution in [0.25, 0.3) is 0 Å². The number of carbonyl (C=O) groups excluding carboxylic acids is 1. The maximum Gasteiger partial charge on any atom is 0.412 e. The lowest BCUT2D eigenvalue weighted by Gasteiger charge is -2.35. The van der Waals surface area contributed by atoms with E-state index in [1.54, 1.807) is 12.1 Å². The van der Waals surface area contributed by atoms with Crippen LogP contribution < -0.4 is 10.1 Å². The van der Waals surface area contributed by atoms with Gasteiger partial charge >= 0.3 is 6.09 Å². The molecule has 3 heteroatoms. The van der Waals surface area contributed by atoms with Crippen LogP contribution in [0.1, 0.15) is 24.3 Å². The van der Waals surface area contributed by atoms with E-state index in [0.717, 1.165) is 12.8 Å². The molecule has 0 aromatic heterocycles. The Morgan fingerprint density at radius 3 is 2.20 bits per heavy atom. The van der Waals surface area contributed by atoms with Crippen LogP contribution in [-0.2, 0) is 0 Å². The van der Waals surface area contributed by atoms with Gasteiger partial charge in [-0.2, -0.15) is 0 Å². The summed E-state index contributed by atoms with van der Waals surface area (Å²) in [5, 5.41) is 2.90. The highest BCUT2D eigenvalue weighted by Crippen LogP contribution is 2.36. The molecule has 1 amide bonds. The molecule has 3 rings (SSSR count). The van der Waals surface area contributed by atoms with Crippen LogP contribution in [0, 0.1) is 0 Å². The number of nitrogens with one attached hydrogen (secondary N) is 1. The lowest BCUT2D eigenvalue weighted by molar-refractivity contribution is 0.184. The largest absolute Gasteiger partial charge is 0.412 e. The zero-order valence-electron chi connectivity index (χ0n) is 11.2. The van der Waals surface area contributed by atoms with Crippen LogP contribution in [0.5, 0.6) is 5.75 Å². The summed E-state index contributed by atoms with van der Waals surface area (Å²) in [6.45, 7) is 0. The summed E-state index contributed by atoms with van der Waals surface area (Å²) in [5.74, 6) is 1.13. The van der Waals surface area contributed by atoms with Crippen molar-refractivity contribution in [2.24, 2.45) is 0 Å². The van der Waals surface area contributed by atoms with Gasteiger partial charge in [0.25, 0.3) is 0 Å².